The van der Waals surface area contributed by atoms with Gasteiger partial charge in [-0.3, -0.25) is 0 Å². The molecule has 1 heterocycles. The van der Waals surface area contributed by atoms with E-state index in [0.29, 0.717) is 22.1 Å². The zero-order valence-corrected chi connectivity index (χ0v) is 12.0. The van der Waals surface area contributed by atoms with Gasteiger partial charge in [0.1, 0.15) is 0 Å². The molecule has 1 aromatic carbocycles. The van der Waals surface area contributed by atoms with Crippen LogP contribution in [0.1, 0.15) is 30.9 Å². The molecule has 1 aromatic rings. The van der Waals surface area contributed by atoms with Crippen molar-refractivity contribution >= 4 is 11.6 Å². The van der Waals surface area contributed by atoms with Gasteiger partial charge in [-0.05, 0) is 25.5 Å². The van der Waals surface area contributed by atoms with Crippen molar-refractivity contribution in [1.29, 1.82) is 0 Å². The van der Waals surface area contributed by atoms with Crippen molar-refractivity contribution in [2.24, 2.45) is 0 Å². The molecule has 2 unspecified atom stereocenters. The minimum atomic E-state index is -0.632. The fraction of sp³-hybridized carbons (Fsp3) is 0.571. The average Bonchev–Trinajstić information content (AvgIpc) is 2.47. The highest BCUT2D eigenvalue weighted by Crippen LogP contribution is 2.40. The third kappa shape index (κ3) is 2.96. The van der Waals surface area contributed by atoms with Crippen LogP contribution in [0, 0.1) is 0 Å². The van der Waals surface area contributed by atoms with Crippen LogP contribution in [-0.4, -0.2) is 31.9 Å². The first-order valence-corrected chi connectivity index (χ1v) is 6.88. The van der Waals surface area contributed by atoms with Gasteiger partial charge in [-0.25, -0.2) is 0 Å². The Hall–Kier alpha value is -0.970. The maximum atomic E-state index is 10.5. The molecule has 19 heavy (non-hydrogen) atoms. The number of benzene rings is 1. The molecular weight excluding hydrogens is 266 g/mol. The van der Waals surface area contributed by atoms with Crippen molar-refractivity contribution in [3.63, 3.8) is 0 Å². The molecule has 0 spiro atoms. The molecule has 106 valence electrons. The van der Waals surface area contributed by atoms with Crippen LogP contribution in [0.3, 0.4) is 0 Å². The first kappa shape index (κ1) is 14.4. The lowest BCUT2D eigenvalue weighted by molar-refractivity contribution is 0.113. The molecule has 2 rings (SSSR count). The van der Waals surface area contributed by atoms with Gasteiger partial charge in [-0.15, -0.1) is 0 Å². The zero-order valence-electron chi connectivity index (χ0n) is 11.3. The van der Waals surface area contributed by atoms with Crippen LogP contribution in [0.2, 0.25) is 5.02 Å². The topological polar surface area (TPSA) is 50.7 Å². The minimum absolute atomic E-state index is 0.0457. The third-order valence-electron chi connectivity index (χ3n) is 3.56. The Morgan fingerprint density at radius 2 is 2.11 bits per heavy atom. The molecule has 0 saturated carbocycles. The van der Waals surface area contributed by atoms with E-state index in [1.54, 1.807) is 26.4 Å². The van der Waals surface area contributed by atoms with Crippen LogP contribution < -0.4 is 14.8 Å². The molecule has 2 atom stereocenters. The van der Waals surface area contributed by atoms with E-state index in [2.05, 4.69) is 5.32 Å². The summed E-state index contributed by atoms with van der Waals surface area (Å²) in [5.41, 5.74) is 0.679. The van der Waals surface area contributed by atoms with Crippen LogP contribution in [-0.2, 0) is 0 Å². The van der Waals surface area contributed by atoms with Crippen molar-refractivity contribution in [3.05, 3.63) is 22.7 Å². The number of methoxy groups -OCH3 is 2. The summed E-state index contributed by atoms with van der Waals surface area (Å²) in [4.78, 5) is 0. The molecule has 1 fully saturated rings. The second-order valence-corrected chi connectivity index (χ2v) is 5.08. The normalized spacial score (nSPS) is 20.9. The molecule has 0 aliphatic carbocycles. The van der Waals surface area contributed by atoms with Crippen LogP contribution >= 0.6 is 11.6 Å². The van der Waals surface area contributed by atoms with Crippen molar-refractivity contribution in [2.75, 3.05) is 20.8 Å². The predicted molar refractivity (Wildman–Crippen MR) is 75.2 cm³/mol. The molecular formula is C14H20ClNO3. The maximum absolute atomic E-state index is 10.5. The lowest BCUT2D eigenvalue weighted by atomic mass is 9.94. The summed E-state index contributed by atoms with van der Waals surface area (Å²) in [6.45, 7) is 0.937. The van der Waals surface area contributed by atoms with E-state index in [0.717, 1.165) is 25.8 Å². The molecule has 0 radical (unpaired) electrons. The summed E-state index contributed by atoms with van der Waals surface area (Å²) in [7, 11) is 3.10. The maximum Gasteiger partial charge on any atom is 0.179 e. The average molecular weight is 286 g/mol. The molecule has 0 amide bonds. The second kappa shape index (κ2) is 6.46. The number of hydrogen-bond acceptors (Lipinski definition) is 4. The SMILES string of the molecule is COc1ccc(C(O)C2CCCCN2)c(Cl)c1OC. The van der Waals surface area contributed by atoms with Crippen molar-refractivity contribution < 1.29 is 14.6 Å². The molecule has 1 saturated heterocycles. The number of piperidine rings is 1. The van der Waals surface area contributed by atoms with Gasteiger partial charge < -0.3 is 19.9 Å². The molecule has 0 bridgehead atoms. The van der Waals surface area contributed by atoms with E-state index in [1.807, 2.05) is 0 Å². The van der Waals surface area contributed by atoms with Crippen molar-refractivity contribution in [2.45, 2.75) is 31.4 Å². The predicted octanol–water partition coefficient (Wildman–Crippen LogP) is 2.53. The Morgan fingerprint density at radius 1 is 1.32 bits per heavy atom. The van der Waals surface area contributed by atoms with Crippen molar-refractivity contribution in [3.8, 4) is 11.5 Å². The van der Waals surface area contributed by atoms with Gasteiger partial charge in [0, 0.05) is 11.6 Å². The standard InChI is InChI=1S/C14H20ClNO3/c1-18-11-7-6-9(12(15)14(11)19-2)13(17)10-5-3-4-8-16-10/h6-7,10,13,16-17H,3-5,8H2,1-2H3. The fourth-order valence-corrected chi connectivity index (χ4v) is 2.84. The van der Waals surface area contributed by atoms with Crippen LogP contribution in [0.4, 0.5) is 0 Å². The summed E-state index contributed by atoms with van der Waals surface area (Å²) < 4.78 is 10.4. The van der Waals surface area contributed by atoms with Gasteiger partial charge in [0.05, 0.1) is 25.3 Å². The minimum Gasteiger partial charge on any atom is -0.493 e. The molecule has 1 aliphatic heterocycles. The number of ether oxygens (including phenoxy) is 2. The fourth-order valence-electron chi connectivity index (χ4n) is 2.50. The lowest BCUT2D eigenvalue weighted by Crippen LogP contribution is -2.38. The molecule has 5 heteroatoms. The lowest BCUT2D eigenvalue weighted by Gasteiger charge is -2.29. The Bertz CT molecular complexity index is 433. The van der Waals surface area contributed by atoms with E-state index in [1.165, 1.54) is 0 Å². The Labute approximate surface area is 118 Å². The zero-order chi connectivity index (χ0) is 13.8. The van der Waals surface area contributed by atoms with Gasteiger partial charge >= 0.3 is 0 Å². The third-order valence-corrected chi connectivity index (χ3v) is 3.95. The highest BCUT2D eigenvalue weighted by molar-refractivity contribution is 6.33. The monoisotopic (exact) mass is 285 g/mol. The first-order valence-electron chi connectivity index (χ1n) is 6.51. The highest BCUT2D eigenvalue weighted by atomic mass is 35.5. The number of hydrogen-bond donors (Lipinski definition) is 2. The second-order valence-electron chi connectivity index (χ2n) is 4.71. The summed E-state index contributed by atoms with van der Waals surface area (Å²) >= 11 is 6.31. The smallest absolute Gasteiger partial charge is 0.179 e. The number of rotatable bonds is 4. The number of nitrogens with one attached hydrogen (secondary N) is 1. The number of halogens is 1. The van der Waals surface area contributed by atoms with Crippen molar-refractivity contribution in [1.82, 2.24) is 5.32 Å². The summed E-state index contributed by atoms with van der Waals surface area (Å²) in [6.07, 6.45) is 2.60. The van der Waals surface area contributed by atoms with Gasteiger partial charge in [0.2, 0.25) is 0 Å². The van der Waals surface area contributed by atoms with Gasteiger partial charge in [0.25, 0.3) is 0 Å². The van der Waals surface area contributed by atoms with Gasteiger partial charge in [-0.2, -0.15) is 0 Å². The van der Waals surface area contributed by atoms with E-state index < -0.39 is 6.10 Å². The van der Waals surface area contributed by atoms with E-state index in [9.17, 15) is 5.11 Å². The Morgan fingerprint density at radius 3 is 2.68 bits per heavy atom. The Balaban J connectivity index is 2.28. The number of aliphatic hydroxyl groups is 1. The summed E-state index contributed by atoms with van der Waals surface area (Å²) in [5, 5.41) is 14.2. The van der Waals surface area contributed by atoms with Crippen LogP contribution in [0.15, 0.2) is 12.1 Å². The first-order chi connectivity index (χ1) is 9.19. The van der Waals surface area contributed by atoms with Gasteiger partial charge in [0.15, 0.2) is 11.5 Å². The van der Waals surface area contributed by atoms with Crippen LogP contribution in [0.25, 0.3) is 0 Å². The molecule has 4 nitrogen and oxygen atoms in total. The van der Waals surface area contributed by atoms with E-state index in [-0.39, 0.29) is 6.04 Å². The summed E-state index contributed by atoms with van der Waals surface area (Å²) in [6, 6.07) is 3.61. The molecule has 1 aliphatic rings. The summed E-state index contributed by atoms with van der Waals surface area (Å²) in [5.74, 6) is 1.04. The number of aliphatic hydroxyl groups excluding tert-OH is 1. The largest absolute Gasteiger partial charge is 0.493 e. The van der Waals surface area contributed by atoms with Gasteiger partial charge in [-0.1, -0.05) is 24.1 Å². The van der Waals surface area contributed by atoms with E-state index in [4.69, 9.17) is 21.1 Å². The quantitative estimate of drug-likeness (QED) is 0.893. The molecule has 0 aromatic heterocycles. The highest BCUT2D eigenvalue weighted by Gasteiger charge is 2.26. The Kier molecular flexibility index (Phi) is 4.91. The molecule has 2 N–H and O–H groups in total. The van der Waals surface area contributed by atoms with E-state index >= 15 is 0 Å². The van der Waals surface area contributed by atoms with Crippen LogP contribution in [0.5, 0.6) is 11.5 Å².